The number of morpholine rings is 1. The summed E-state index contributed by atoms with van der Waals surface area (Å²) < 4.78 is 39.1. The van der Waals surface area contributed by atoms with Crippen LogP contribution in [0, 0.1) is 0 Å². The van der Waals surface area contributed by atoms with Crippen LogP contribution in [-0.4, -0.2) is 58.7 Å². The van der Waals surface area contributed by atoms with E-state index in [9.17, 15) is 13.2 Å². The Hall–Kier alpha value is -2.58. The highest BCUT2D eigenvalue weighted by molar-refractivity contribution is 7.92. The van der Waals surface area contributed by atoms with Crippen molar-refractivity contribution in [3.63, 3.8) is 0 Å². The molecule has 1 atom stereocenters. The van der Waals surface area contributed by atoms with E-state index in [1.165, 1.54) is 23.5 Å². The van der Waals surface area contributed by atoms with E-state index < -0.39 is 10.0 Å². The fraction of sp³-hybridized carbons (Fsp3) is 0.381. The molecule has 0 aliphatic carbocycles. The smallest absolute Gasteiger partial charge is 0.264 e. The topological polar surface area (TPSA) is 76.2 Å². The first-order valence-corrected chi connectivity index (χ1v) is 11.0. The molecule has 0 bridgehead atoms. The molecular formula is C21H24N2O5S. The number of carbonyl (C=O) groups is 1. The minimum absolute atomic E-state index is 0.0819. The van der Waals surface area contributed by atoms with E-state index in [1.807, 2.05) is 31.2 Å². The van der Waals surface area contributed by atoms with Crippen LogP contribution in [0.5, 0.6) is 5.75 Å². The molecule has 1 saturated heterocycles. The van der Waals surface area contributed by atoms with E-state index in [0.717, 1.165) is 5.56 Å². The number of carbonyl (C=O) groups excluding carboxylic acids is 1. The molecular weight excluding hydrogens is 392 g/mol. The Balaban J connectivity index is 1.74. The molecule has 0 aromatic heterocycles. The first-order chi connectivity index (χ1) is 13.9. The zero-order chi connectivity index (χ0) is 20.6. The zero-order valence-electron chi connectivity index (χ0n) is 16.5. The number of anilines is 1. The molecule has 8 heteroatoms. The maximum atomic E-state index is 13.5. The van der Waals surface area contributed by atoms with Crippen molar-refractivity contribution in [3.8, 4) is 5.75 Å². The van der Waals surface area contributed by atoms with E-state index in [2.05, 4.69) is 0 Å². The lowest BCUT2D eigenvalue weighted by Crippen LogP contribution is -2.41. The van der Waals surface area contributed by atoms with Crippen molar-refractivity contribution in [2.75, 3.05) is 37.7 Å². The van der Waals surface area contributed by atoms with Crippen LogP contribution in [-0.2, 0) is 21.2 Å². The van der Waals surface area contributed by atoms with Gasteiger partial charge in [-0.15, -0.1) is 0 Å². The maximum absolute atomic E-state index is 13.5. The van der Waals surface area contributed by atoms with Crippen molar-refractivity contribution in [3.05, 3.63) is 53.6 Å². The van der Waals surface area contributed by atoms with Crippen LogP contribution in [0.3, 0.4) is 0 Å². The van der Waals surface area contributed by atoms with E-state index >= 15 is 0 Å². The van der Waals surface area contributed by atoms with Gasteiger partial charge in [-0.25, -0.2) is 8.42 Å². The van der Waals surface area contributed by atoms with Gasteiger partial charge in [0, 0.05) is 19.1 Å². The number of hydrogen-bond donors (Lipinski definition) is 0. The van der Waals surface area contributed by atoms with Crippen molar-refractivity contribution in [1.82, 2.24) is 4.90 Å². The summed E-state index contributed by atoms with van der Waals surface area (Å²) in [6, 6.07) is 11.8. The van der Waals surface area contributed by atoms with E-state index in [4.69, 9.17) is 9.47 Å². The molecule has 154 valence electrons. The van der Waals surface area contributed by atoms with Gasteiger partial charge in [0.15, 0.2) is 0 Å². The predicted molar refractivity (Wildman–Crippen MR) is 109 cm³/mol. The third kappa shape index (κ3) is 3.47. The van der Waals surface area contributed by atoms with Gasteiger partial charge in [0.05, 0.1) is 36.5 Å². The zero-order valence-corrected chi connectivity index (χ0v) is 17.3. The Morgan fingerprint density at radius 1 is 1.14 bits per heavy atom. The van der Waals surface area contributed by atoms with Gasteiger partial charge in [-0.3, -0.25) is 9.10 Å². The molecule has 2 aliphatic rings. The summed E-state index contributed by atoms with van der Waals surface area (Å²) in [5.41, 5.74) is 1.94. The predicted octanol–water partition coefficient (Wildman–Crippen LogP) is 2.31. The normalized spacial score (nSPS) is 19.2. The molecule has 0 radical (unpaired) electrons. The number of methoxy groups -OCH3 is 1. The third-order valence-corrected chi connectivity index (χ3v) is 7.33. The van der Waals surface area contributed by atoms with Crippen molar-refractivity contribution in [2.24, 2.45) is 0 Å². The number of nitrogens with zero attached hydrogens (tertiary/aromatic N) is 2. The molecule has 2 heterocycles. The highest BCUT2D eigenvalue weighted by Gasteiger charge is 2.36. The molecule has 2 aliphatic heterocycles. The highest BCUT2D eigenvalue weighted by atomic mass is 32.2. The first-order valence-electron chi connectivity index (χ1n) is 9.61. The SMILES string of the molecule is COc1ccc(S(=O)(=O)N2c3ccccc3C[C@@H]2C)cc1C(=O)N1CCOCC1. The molecule has 2 aromatic rings. The van der Waals surface area contributed by atoms with Crippen LogP contribution in [0.2, 0.25) is 0 Å². The Labute approximate surface area is 170 Å². The second kappa shape index (κ2) is 7.68. The summed E-state index contributed by atoms with van der Waals surface area (Å²) in [6.45, 7) is 3.76. The molecule has 0 saturated carbocycles. The third-order valence-electron chi connectivity index (χ3n) is 5.40. The van der Waals surface area contributed by atoms with E-state index in [0.29, 0.717) is 44.2 Å². The van der Waals surface area contributed by atoms with E-state index in [1.54, 1.807) is 11.0 Å². The summed E-state index contributed by atoms with van der Waals surface area (Å²) in [5, 5.41) is 0. The lowest BCUT2D eigenvalue weighted by molar-refractivity contribution is 0.0300. The molecule has 29 heavy (non-hydrogen) atoms. The first kappa shape index (κ1) is 19.7. The molecule has 2 aromatic carbocycles. The average Bonchev–Trinajstić information content (AvgIpc) is 3.09. The molecule has 4 rings (SSSR count). The Bertz CT molecular complexity index is 1030. The largest absolute Gasteiger partial charge is 0.496 e. The number of hydrogen-bond acceptors (Lipinski definition) is 5. The fourth-order valence-electron chi connectivity index (χ4n) is 3.97. The number of benzene rings is 2. The number of sulfonamides is 1. The van der Waals surface area contributed by atoms with Crippen LogP contribution in [0.15, 0.2) is 47.4 Å². The van der Waals surface area contributed by atoms with Crippen LogP contribution in [0.1, 0.15) is 22.8 Å². The number of para-hydroxylation sites is 1. The monoisotopic (exact) mass is 416 g/mol. The molecule has 1 fully saturated rings. The van der Waals surface area contributed by atoms with Crippen LogP contribution >= 0.6 is 0 Å². The summed E-state index contributed by atoms with van der Waals surface area (Å²) in [4.78, 5) is 14.8. The second-order valence-corrected chi connectivity index (χ2v) is 9.06. The van der Waals surface area contributed by atoms with E-state index in [-0.39, 0.29) is 22.4 Å². The summed E-state index contributed by atoms with van der Waals surface area (Å²) in [6.07, 6.45) is 0.658. The lowest BCUT2D eigenvalue weighted by atomic mass is 10.1. The Kier molecular flexibility index (Phi) is 5.23. The van der Waals surface area contributed by atoms with Crippen LogP contribution < -0.4 is 9.04 Å². The van der Waals surface area contributed by atoms with Gasteiger partial charge in [-0.05, 0) is 43.2 Å². The quantitative estimate of drug-likeness (QED) is 0.765. The molecule has 0 N–H and O–H groups in total. The minimum Gasteiger partial charge on any atom is -0.496 e. The average molecular weight is 416 g/mol. The van der Waals surface area contributed by atoms with Gasteiger partial charge >= 0.3 is 0 Å². The van der Waals surface area contributed by atoms with Gasteiger partial charge in [0.1, 0.15) is 5.75 Å². The standard InChI is InChI=1S/C21H24N2O5S/c1-15-13-16-5-3-4-6-19(16)23(15)29(25,26)17-7-8-20(27-2)18(14-17)21(24)22-9-11-28-12-10-22/h3-8,14-15H,9-13H2,1-2H3/t15-/m0/s1. The molecule has 0 unspecified atom stereocenters. The second-order valence-electron chi connectivity index (χ2n) is 7.25. The summed E-state index contributed by atoms with van der Waals surface area (Å²) in [7, 11) is -2.36. The van der Waals surface area contributed by atoms with Crippen LogP contribution in [0.4, 0.5) is 5.69 Å². The van der Waals surface area contributed by atoms with Gasteiger partial charge in [-0.1, -0.05) is 18.2 Å². The maximum Gasteiger partial charge on any atom is 0.264 e. The van der Waals surface area contributed by atoms with Crippen molar-refractivity contribution >= 4 is 21.6 Å². The van der Waals surface area contributed by atoms with Crippen molar-refractivity contribution in [2.45, 2.75) is 24.3 Å². The van der Waals surface area contributed by atoms with Gasteiger partial charge in [-0.2, -0.15) is 0 Å². The Morgan fingerprint density at radius 3 is 2.59 bits per heavy atom. The highest BCUT2D eigenvalue weighted by Crippen LogP contribution is 2.37. The van der Waals surface area contributed by atoms with Gasteiger partial charge in [0.25, 0.3) is 15.9 Å². The summed E-state index contributed by atoms with van der Waals surface area (Å²) >= 11 is 0. The number of fused-ring (bicyclic) bond motifs is 1. The van der Waals surface area contributed by atoms with Crippen molar-refractivity contribution in [1.29, 1.82) is 0 Å². The van der Waals surface area contributed by atoms with Gasteiger partial charge < -0.3 is 14.4 Å². The van der Waals surface area contributed by atoms with Crippen molar-refractivity contribution < 1.29 is 22.7 Å². The number of rotatable bonds is 4. The number of amides is 1. The minimum atomic E-state index is -3.83. The van der Waals surface area contributed by atoms with Gasteiger partial charge in [0.2, 0.25) is 0 Å². The fourth-order valence-corrected chi connectivity index (χ4v) is 5.69. The molecule has 1 amide bonds. The lowest BCUT2D eigenvalue weighted by Gasteiger charge is -2.28. The summed E-state index contributed by atoms with van der Waals surface area (Å²) in [5.74, 6) is 0.104. The number of ether oxygens (including phenoxy) is 2. The molecule has 0 spiro atoms. The molecule has 7 nitrogen and oxygen atoms in total. The Morgan fingerprint density at radius 2 is 1.86 bits per heavy atom. The van der Waals surface area contributed by atoms with Crippen LogP contribution in [0.25, 0.3) is 0 Å².